The molecule has 1 aliphatic rings. The Morgan fingerprint density at radius 3 is 2.55 bits per heavy atom. The molecule has 114 valence electrons. The quantitative estimate of drug-likeness (QED) is 0.823. The first-order chi connectivity index (χ1) is 10.8. The van der Waals surface area contributed by atoms with Crippen LogP contribution in [0.25, 0.3) is 0 Å². The summed E-state index contributed by atoms with van der Waals surface area (Å²) in [6.45, 7) is 3.74. The van der Waals surface area contributed by atoms with E-state index in [-0.39, 0.29) is 12.1 Å². The van der Waals surface area contributed by atoms with E-state index in [4.69, 9.17) is 0 Å². The molecule has 0 unspecified atom stereocenters. The van der Waals surface area contributed by atoms with Crippen LogP contribution in [0.2, 0.25) is 0 Å². The van der Waals surface area contributed by atoms with Crippen LogP contribution in [0.5, 0.6) is 0 Å². The number of unbranched alkanes of at least 4 members (excludes halogenated alkanes) is 1. The van der Waals surface area contributed by atoms with Crippen molar-refractivity contribution in [1.82, 2.24) is 10.2 Å². The predicted octanol–water partition coefficient (Wildman–Crippen LogP) is 3.73. The number of rotatable bonds is 6. The second-order valence-electron chi connectivity index (χ2n) is 5.72. The second kappa shape index (κ2) is 6.75. The Morgan fingerprint density at radius 2 is 1.77 bits per heavy atom. The van der Waals surface area contributed by atoms with E-state index in [0.717, 1.165) is 36.1 Å². The second-order valence-corrected chi connectivity index (χ2v) is 5.72. The molecule has 3 nitrogen and oxygen atoms in total. The first-order valence-corrected chi connectivity index (χ1v) is 7.98. The van der Waals surface area contributed by atoms with Gasteiger partial charge in [0, 0.05) is 17.7 Å². The fourth-order valence-corrected chi connectivity index (χ4v) is 2.95. The molecule has 0 fully saturated rings. The van der Waals surface area contributed by atoms with Gasteiger partial charge in [0.15, 0.2) is 0 Å². The zero-order valence-corrected chi connectivity index (χ0v) is 13.0. The minimum Gasteiger partial charge on any atom is -0.315 e. The summed E-state index contributed by atoms with van der Waals surface area (Å²) < 4.78 is 0. The van der Waals surface area contributed by atoms with Crippen LogP contribution in [0.3, 0.4) is 0 Å². The van der Waals surface area contributed by atoms with Gasteiger partial charge < -0.3 is 4.90 Å². The van der Waals surface area contributed by atoms with E-state index in [1.54, 1.807) is 0 Å². The SMILES string of the molecule is CCCCN[C@@H]1c2ccccc2C(=O)N1Cc1ccccc1. The monoisotopic (exact) mass is 294 g/mol. The summed E-state index contributed by atoms with van der Waals surface area (Å²) in [7, 11) is 0. The average Bonchev–Trinajstić information content (AvgIpc) is 2.82. The van der Waals surface area contributed by atoms with E-state index < -0.39 is 0 Å². The summed E-state index contributed by atoms with van der Waals surface area (Å²) in [5.41, 5.74) is 3.08. The number of hydrogen-bond acceptors (Lipinski definition) is 2. The van der Waals surface area contributed by atoms with Gasteiger partial charge >= 0.3 is 0 Å². The van der Waals surface area contributed by atoms with E-state index in [0.29, 0.717) is 6.54 Å². The maximum absolute atomic E-state index is 12.7. The Hall–Kier alpha value is -2.13. The topological polar surface area (TPSA) is 32.3 Å². The molecule has 0 bridgehead atoms. The highest BCUT2D eigenvalue weighted by molar-refractivity contribution is 5.99. The van der Waals surface area contributed by atoms with Gasteiger partial charge in [-0.1, -0.05) is 61.9 Å². The lowest BCUT2D eigenvalue weighted by molar-refractivity contribution is 0.0677. The van der Waals surface area contributed by atoms with Gasteiger partial charge in [0.05, 0.1) is 0 Å². The van der Waals surface area contributed by atoms with Crippen LogP contribution in [0.1, 0.15) is 47.4 Å². The van der Waals surface area contributed by atoms with Crippen molar-refractivity contribution in [3.05, 3.63) is 71.3 Å². The van der Waals surface area contributed by atoms with E-state index in [1.165, 1.54) is 0 Å². The summed E-state index contributed by atoms with van der Waals surface area (Å²) in [4.78, 5) is 14.7. The predicted molar refractivity (Wildman–Crippen MR) is 88.4 cm³/mol. The molecule has 0 aromatic heterocycles. The van der Waals surface area contributed by atoms with Crippen LogP contribution < -0.4 is 5.32 Å². The standard InChI is InChI=1S/C19H22N2O/c1-2-3-13-20-18-16-11-7-8-12-17(16)19(22)21(18)14-15-9-5-4-6-10-15/h4-12,18,20H,2-3,13-14H2,1H3/t18-/m0/s1. The molecule has 0 aliphatic carbocycles. The number of carbonyl (C=O) groups is 1. The van der Waals surface area contributed by atoms with Crippen molar-refractivity contribution in [3.63, 3.8) is 0 Å². The number of carbonyl (C=O) groups excluding carboxylic acids is 1. The molecule has 2 aromatic carbocycles. The molecule has 22 heavy (non-hydrogen) atoms. The van der Waals surface area contributed by atoms with E-state index >= 15 is 0 Å². The largest absolute Gasteiger partial charge is 0.315 e. The highest BCUT2D eigenvalue weighted by Gasteiger charge is 2.35. The average molecular weight is 294 g/mol. The molecule has 1 atom stereocenters. The van der Waals surface area contributed by atoms with Crippen molar-refractivity contribution < 1.29 is 4.79 Å². The molecule has 0 radical (unpaired) electrons. The highest BCUT2D eigenvalue weighted by atomic mass is 16.2. The third-order valence-corrected chi connectivity index (χ3v) is 4.12. The number of nitrogens with one attached hydrogen (secondary N) is 1. The van der Waals surface area contributed by atoms with E-state index in [1.807, 2.05) is 41.3 Å². The van der Waals surface area contributed by atoms with Crippen LogP contribution >= 0.6 is 0 Å². The van der Waals surface area contributed by atoms with Crippen LogP contribution in [-0.2, 0) is 6.54 Å². The lowest BCUT2D eigenvalue weighted by atomic mass is 10.1. The highest BCUT2D eigenvalue weighted by Crippen LogP contribution is 2.32. The van der Waals surface area contributed by atoms with Crippen LogP contribution in [0.15, 0.2) is 54.6 Å². The van der Waals surface area contributed by atoms with Crippen LogP contribution in [0, 0.1) is 0 Å². The maximum atomic E-state index is 12.7. The molecular weight excluding hydrogens is 272 g/mol. The molecular formula is C19H22N2O. The zero-order valence-electron chi connectivity index (χ0n) is 13.0. The summed E-state index contributed by atoms with van der Waals surface area (Å²) in [6, 6.07) is 18.1. The van der Waals surface area contributed by atoms with Crippen molar-refractivity contribution in [1.29, 1.82) is 0 Å². The minimum absolute atomic E-state index is 0.0181. The van der Waals surface area contributed by atoms with Gasteiger partial charge in [0.25, 0.3) is 5.91 Å². The van der Waals surface area contributed by atoms with Crippen molar-refractivity contribution >= 4 is 5.91 Å². The Bertz CT molecular complexity index is 639. The third-order valence-electron chi connectivity index (χ3n) is 4.12. The lowest BCUT2D eigenvalue weighted by Gasteiger charge is -2.26. The van der Waals surface area contributed by atoms with E-state index in [9.17, 15) is 4.79 Å². The number of hydrogen-bond donors (Lipinski definition) is 1. The molecule has 1 N–H and O–H groups in total. The van der Waals surface area contributed by atoms with Gasteiger partial charge in [-0.25, -0.2) is 0 Å². The molecule has 2 aromatic rings. The fraction of sp³-hybridized carbons (Fsp3) is 0.316. The Kier molecular flexibility index (Phi) is 4.54. The third kappa shape index (κ3) is 2.90. The Balaban J connectivity index is 1.85. The molecule has 3 rings (SSSR count). The molecule has 0 spiro atoms. The van der Waals surface area contributed by atoms with Crippen LogP contribution in [0.4, 0.5) is 0 Å². The molecule has 1 heterocycles. The number of amides is 1. The molecule has 1 aliphatic heterocycles. The molecule has 0 saturated carbocycles. The molecule has 1 amide bonds. The smallest absolute Gasteiger partial charge is 0.256 e. The first-order valence-electron chi connectivity index (χ1n) is 7.98. The maximum Gasteiger partial charge on any atom is 0.256 e. The normalized spacial score (nSPS) is 16.9. The van der Waals surface area contributed by atoms with Gasteiger partial charge in [-0.3, -0.25) is 10.1 Å². The summed E-state index contributed by atoms with van der Waals surface area (Å²) >= 11 is 0. The van der Waals surface area contributed by atoms with Gasteiger partial charge in [-0.2, -0.15) is 0 Å². The Morgan fingerprint density at radius 1 is 1.05 bits per heavy atom. The fourth-order valence-electron chi connectivity index (χ4n) is 2.95. The molecule has 0 saturated heterocycles. The zero-order chi connectivity index (χ0) is 15.4. The van der Waals surface area contributed by atoms with Crippen molar-refractivity contribution in [3.8, 4) is 0 Å². The Labute approximate surface area is 132 Å². The summed E-state index contributed by atoms with van der Waals surface area (Å²) in [6.07, 6.45) is 2.25. The number of fused-ring (bicyclic) bond motifs is 1. The van der Waals surface area contributed by atoms with Crippen molar-refractivity contribution in [2.24, 2.45) is 0 Å². The van der Waals surface area contributed by atoms with Crippen molar-refractivity contribution in [2.45, 2.75) is 32.5 Å². The van der Waals surface area contributed by atoms with Gasteiger partial charge in [0.2, 0.25) is 0 Å². The van der Waals surface area contributed by atoms with Gasteiger partial charge in [-0.05, 0) is 24.6 Å². The first kappa shape index (κ1) is 14.8. The number of benzene rings is 2. The van der Waals surface area contributed by atoms with Gasteiger partial charge in [-0.15, -0.1) is 0 Å². The van der Waals surface area contributed by atoms with Crippen molar-refractivity contribution in [2.75, 3.05) is 6.54 Å². The van der Waals surface area contributed by atoms with Crippen LogP contribution in [-0.4, -0.2) is 17.4 Å². The van der Waals surface area contributed by atoms with Gasteiger partial charge in [0.1, 0.15) is 6.17 Å². The lowest BCUT2D eigenvalue weighted by Crippen LogP contribution is -2.36. The summed E-state index contributed by atoms with van der Waals surface area (Å²) in [5.74, 6) is 0.119. The molecule has 3 heteroatoms. The minimum atomic E-state index is -0.0181. The number of nitrogens with zero attached hydrogens (tertiary/aromatic N) is 1. The van der Waals surface area contributed by atoms with E-state index in [2.05, 4.69) is 30.4 Å². The summed E-state index contributed by atoms with van der Waals surface area (Å²) in [5, 5.41) is 3.54.